The van der Waals surface area contributed by atoms with Gasteiger partial charge < -0.3 is 19.5 Å². The lowest BCUT2D eigenvalue weighted by atomic mass is 10.2. The van der Waals surface area contributed by atoms with Gasteiger partial charge in [0.05, 0.1) is 20.4 Å². The smallest absolute Gasteiger partial charge is 0.271 e. The van der Waals surface area contributed by atoms with Crippen LogP contribution in [0.3, 0.4) is 0 Å². The van der Waals surface area contributed by atoms with Gasteiger partial charge in [0.2, 0.25) is 0 Å². The lowest BCUT2D eigenvalue weighted by Gasteiger charge is -2.11. The number of aryl methyl sites for hydroxylation is 1. The number of carbonyl (C=O) groups is 2. The number of carbonyl (C=O) groups excluding carboxylic acids is 2. The summed E-state index contributed by atoms with van der Waals surface area (Å²) in [6, 6.07) is 19.3. The molecule has 8 heteroatoms. The maximum Gasteiger partial charge on any atom is 0.271 e. The first-order chi connectivity index (χ1) is 16.0. The van der Waals surface area contributed by atoms with Crippen LogP contribution in [0.1, 0.15) is 21.5 Å². The van der Waals surface area contributed by atoms with Crippen LogP contribution < -0.4 is 25.0 Å². The average Bonchev–Trinajstić information content (AvgIpc) is 2.84. The van der Waals surface area contributed by atoms with Crippen molar-refractivity contribution in [1.29, 1.82) is 0 Å². The maximum absolute atomic E-state index is 12.2. The van der Waals surface area contributed by atoms with Crippen LogP contribution in [0, 0.1) is 6.92 Å². The molecular formula is C25H25N3O5. The summed E-state index contributed by atoms with van der Waals surface area (Å²) in [5, 5.41) is 6.75. The van der Waals surface area contributed by atoms with E-state index in [0.717, 1.165) is 5.56 Å². The number of ether oxygens (including phenoxy) is 3. The highest BCUT2D eigenvalue weighted by atomic mass is 16.5. The molecule has 2 amide bonds. The van der Waals surface area contributed by atoms with Gasteiger partial charge in [-0.05, 0) is 61.0 Å². The first-order valence-corrected chi connectivity index (χ1v) is 10.1. The molecule has 0 saturated heterocycles. The van der Waals surface area contributed by atoms with Gasteiger partial charge in [-0.3, -0.25) is 9.59 Å². The average molecular weight is 447 g/mol. The molecule has 3 aromatic rings. The summed E-state index contributed by atoms with van der Waals surface area (Å²) >= 11 is 0. The van der Waals surface area contributed by atoms with Gasteiger partial charge in [-0.2, -0.15) is 5.10 Å². The Kier molecular flexibility index (Phi) is 8.02. The molecule has 170 valence electrons. The Labute approximate surface area is 192 Å². The Morgan fingerprint density at radius 3 is 2.45 bits per heavy atom. The molecule has 0 aliphatic heterocycles. The number of nitrogens with zero attached hydrogens (tertiary/aromatic N) is 1. The molecule has 0 aromatic heterocycles. The number of rotatable bonds is 9. The van der Waals surface area contributed by atoms with Crippen LogP contribution in [0.5, 0.6) is 17.2 Å². The highest BCUT2D eigenvalue weighted by Crippen LogP contribution is 2.27. The SMILES string of the molecule is COc1cccc(C(=O)N/N=C/c2ccc(OCC(=O)Nc3ccc(C)cc3)c(OC)c2)c1. The molecule has 8 nitrogen and oxygen atoms in total. The minimum absolute atomic E-state index is 0.172. The second-order valence-electron chi connectivity index (χ2n) is 7.04. The predicted molar refractivity (Wildman–Crippen MR) is 126 cm³/mol. The molecule has 2 N–H and O–H groups in total. The third-order valence-corrected chi connectivity index (χ3v) is 4.59. The first kappa shape index (κ1) is 23.3. The standard InChI is InChI=1S/C25H25N3O5/c1-17-7-10-20(11-8-17)27-24(29)16-33-22-12-9-18(13-23(22)32-3)15-26-28-25(30)19-5-4-6-21(14-19)31-2/h4-15H,16H2,1-3H3,(H,27,29)(H,28,30)/b26-15+. The van der Waals surface area contributed by atoms with Crippen molar-refractivity contribution in [2.24, 2.45) is 5.10 Å². The van der Waals surface area contributed by atoms with E-state index in [9.17, 15) is 9.59 Å². The predicted octanol–water partition coefficient (Wildman–Crippen LogP) is 3.79. The van der Waals surface area contributed by atoms with E-state index in [1.165, 1.54) is 20.4 Å². The Morgan fingerprint density at radius 1 is 0.939 bits per heavy atom. The van der Waals surface area contributed by atoms with E-state index < -0.39 is 0 Å². The largest absolute Gasteiger partial charge is 0.497 e. The van der Waals surface area contributed by atoms with E-state index in [1.54, 1.807) is 42.5 Å². The van der Waals surface area contributed by atoms with Crippen LogP contribution in [-0.4, -0.2) is 38.9 Å². The van der Waals surface area contributed by atoms with Crippen molar-refractivity contribution >= 4 is 23.7 Å². The summed E-state index contributed by atoms with van der Waals surface area (Å²) in [6.45, 7) is 1.80. The van der Waals surface area contributed by atoms with Gasteiger partial charge in [0.25, 0.3) is 11.8 Å². The number of nitrogens with one attached hydrogen (secondary N) is 2. The van der Waals surface area contributed by atoms with Crippen molar-refractivity contribution in [3.8, 4) is 17.2 Å². The fraction of sp³-hybridized carbons (Fsp3) is 0.160. The van der Waals surface area contributed by atoms with Crippen LogP contribution in [0.4, 0.5) is 5.69 Å². The van der Waals surface area contributed by atoms with Gasteiger partial charge in [-0.15, -0.1) is 0 Å². The molecule has 0 aliphatic rings. The topological polar surface area (TPSA) is 98.3 Å². The Morgan fingerprint density at radius 2 is 1.73 bits per heavy atom. The number of benzene rings is 3. The van der Waals surface area contributed by atoms with E-state index in [-0.39, 0.29) is 18.4 Å². The zero-order chi connectivity index (χ0) is 23.6. The number of hydrogen-bond donors (Lipinski definition) is 2. The van der Waals surface area contributed by atoms with Crippen LogP contribution in [0.15, 0.2) is 71.8 Å². The summed E-state index contributed by atoms with van der Waals surface area (Å²) < 4.78 is 16.1. The third-order valence-electron chi connectivity index (χ3n) is 4.59. The zero-order valence-corrected chi connectivity index (χ0v) is 18.6. The number of anilines is 1. The number of hydrogen-bond acceptors (Lipinski definition) is 6. The van der Waals surface area contributed by atoms with Crippen LogP contribution >= 0.6 is 0 Å². The molecule has 0 radical (unpaired) electrons. The van der Waals surface area contributed by atoms with Gasteiger partial charge in [0.1, 0.15) is 5.75 Å². The number of methoxy groups -OCH3 is 2. The summed E-state index contributed by atoms with van der Waals surface area (Å²) in [5.41, 5.74) is 5.38. The van der Waals surface area contributed by atoms with Crippen LogP contribution in [-0.2, 0) is 4.79 Å². The minimum atomic E-state index is -0.364. The third kappa shape index (κ3) is 6.83. The summed E-state index contributed by atoms with van der Waals surface area (Å²) in [5.74, 6) is 0.776. The van der Waals surface area contributed by atoms with E-state index >= 15 is 0 Å². The highest BCUT2D eigenvalue weighted by Gasteiger charge is 2.09. The highest BCUT2D eigenvalue weighted by molar-refractivity contribution is 5.95. The number of hydrazone groups is 1. The summed E-state index contributed by atoms with van der Waals surface area (Å²) in [7, 11) is 3.03. The first-order valence-electron chi connectivity index (χ1n) is 10.1. The van der Waals surface area contributed by atoms with Gasteiger partial charge in [0, 0.05) is 11.3 Å². The molecule has 33 heavy (non-hydrogen) atoms. The fourth-order valence-corrected chi connectivity index (χ4v) is 2.86. The quantitative estimate of drug-likeness (QED) is 0.384. The molecular weight excluding hydrogens is 422 g/mol. The molecule has 0 spiro atoms. The number of amides is 2. The van der Waals surface area contributed by atoms with Crippen molar-refractivity contribution in [3.63, 3.8) is 0 Å². The van der Waals surface area contributed by atoms with Crippen molar-refractivity contribution in [2.75, 3.05) is 26.1 Å². The normalized spacial score (nSPS) is 10.5. The molecule has 0 fully saturated rings. The lowest BCUT2D eigenvalue weighted by molar-refractivity contribution is -0.118. The zero-order valence-electron chi connectivity index (χ0n) is 18.6. The van der Waals surface area contributed by atoms with Gasteiger partial charge in [-0.1, -0.05) is 23.8 Å². The molecule has 3 aromatic carbocycles. The summed E-state index contributed by atoms with van der Waals surface area (Å²) in [6.07, 6.45) is 1.48. The van der Waals surface area contributed by atoms with Gasteiger partial charge in [-0.25, -0.2) is 5.43 Å². The van der Waals surface area contributed by atoms with Crippen LogP contribution in [0.25, 0.3) is 0 Å². The van der Waals surface area contributed by atoms with E-state index in [2.05, 4.69) is 15.8 Å². The van der Waals surface area contributed by atoms with E-state index in [1.807, 2.05) is 31.2 Å². The Balaban J connectivity index is 1.56. The second-order valence-corrected chi connectivity index (χ2v) is 7.04. The maximum atomic E-state index is 12.2. The monoisotopic (exact) mass is 447 g/mol. The molecule has 0 heterocycles. The van der Waals surface area contributed by atoms with Gasteiger partial charge in [0.15, 0.2) is 18.1 Å². The van der Waals surface area contributed by atoms with Crippen molar-refractivity contribution in [2.45, 2.75) is 6.92 Å². The minimum Gasteiger partial charge on any atom is -0.497 e. The fourth-order valence-electron chi connectivity index (χ4n) is 2.86. The molecule has 0 saturated carbocycles. The van der Waals surface area contributed by atoms with E-state index in [0.29, 0.717) is 34.1 Å². The summed E-state index contributed by atoms with van der Waals surface area (Å²) in [4.78, 5) is 24.4. The van der Waals surface area contributed by atoms with Crippen molar-refractivity contribution in [1.82, 2.24) is 5.43 Å². The Bertz CT molecular complexity index is 1140. The molecule has 0 aliphatic carbocycles. The van der Waals surface area contributed by atoms with Crippen molar-refractivity contribution in [3.05, 3.63) is 83.4 Å². The Hall–Kier alpha value is -4.33. The molecule has 0 bridgehead atoms. The van der Waals surface area contributed by atoms with Gasteiger partial charge >= 0.3 is 0 Å². The van der Waals surface area contributed by atoms with Crippen LogP contribution in [0.2, 0.25) is 0 Å². The van der Waals surface area contributed by atoms with Crippen molar-refractivity contribution < 1.29 is 23.8 Å². The van der Waals surface area contributed by atoms with E-state index in [4.69, 9.17) is 14.2 Å². The molecule has 3 rings (SSSR count). The second kappa shape index (κ2) is 11.3. The molecule has 0 unspecified atom stereocenters. The lowest BCUT2D eigenvalue weighted by Crippen LogP contribution is -2.20. The molecule has 0 atom stereocenters.